The molecule has 651 valence electrons. The summed E-state index contributed by atoms with van der Waals surface area (Å²) in [6.07, 6.45) is 32.9. The number of hydrogen-bond acceptors (Lipinski definition) is 9. The van der Waals surface area contributed by atoms with Crippen molar-refractivity contribution >= 4 is 108 Å². The number of nitrogens with zero attached hydrogens (tertiary/aromatic N) is 6. The zero-order chi connectivity index (χ0) is 87.3. The van der Waals surface area contributed by atoms with Crippen LogP contribution in [0.5, 0.6) is 0 Å². The zero-order valence-electron chi connectivity index (χ0n) is 75.4. The molecule has 0 bridgehead atoms. The summed E-state index contributed by atoms with van der Waals surface area (Å²) in [5, 5.41) is 9.46. The van der Waals surface area contributed by atoms with E-state index in [4.69, 9.17) is 19.9 Å². The van der Waals surface area contributed by atoms with E-state index in [-0.39, 0.29) is 65.7 Å². The first-order valence-corrected chi connectivity index (χ1v) is 56.4. The van der Waals surface area contributed by atoms with Gasteiger partial charge in [0.15, 0.2) is 0 Å². The Balaban J connectivity index is 0.000000131. The molecule has 128 heavy (non-hydrogen) atoms. The Morgan fingerprint density at radius 3 is 0.961 bits per heavy atom. The van der Waals surface area contributed by atoms with Crippen molar-refractivity contribution in [2.75, 3.05) is 0 Å². The smallest absolute Gasteiger partial charge is 0.0799 e. The molecule has 0 N–H and O–H groups in total. The van der Waals surface area contributed by atoms with Crippen molar-refractivity contribution in [2.45, 2.75) is 161 Å². The van der Waals surface area contributed by atoms with Crippen molar-refractivity contribution in [1.82, 2.24) is 29.9 Å². The van der Waals surface area contributed by atoms with Crippen LogP contribution < -0.4 is 15.6 Å². The number of hydrogen-bond donors (Lipinski definition) is 0. The first-order chi connectivity index (χ1) is 60.1. The maximum atomic E-state index is 4.79. The van der Waals surface area contributed by atoms with Crippen LogP contribution >= 0.6 is 35.3 Å². The number of aryl methyl sites for hydroxylation is 4. The van der Waals surface area contributed by atoms with Crippen molar-refractivity contribution < 1.29 is 60.3 Å². The molecule has 6 atom stereocenters. The summed E-state index contributed by atoms with van der Waals surface area (Å²) in [6.45, 7) is 36.7. The number of fused-ring (bicyclic) bond motifs is 12. The Hall–Kier alpha value is -9.25. The standard InChI is InChI=1S/3C21H14NS.C19H26NSi.C16H20NSi.C15H18NSi.3Ir/c3*1-3-7-18-14(5-1)10-12-19(22-18)15-9-11-17-16-6-2-4-8-20(16)23-21(17)13-15;1-14-9-8-10-15(11-14)17-12-16(19(2,3)4)18(13-20-17)21(5,6)7;1-12-7-6-8-14(9-12)15-10-13(2)16(11-17-15)18(3,4)5;1-12-10-14(13-8-6-5-7-9-13)16-11-15(12)17(2,3)4;;;/h3*1-8,10-13,16,20H;8-9,11-13H,1-7H3;6-7,9-11H,1-5H3;5-8,10-11H,1-4H3;;;/q6*-1;;;. The van der Waals surface area contributed by atoms with Crippen molar-refractivity contribution in [3.63, 3.8) is 0 Å². The first-order valence-electron chi connectivity index (χ1n) is 43.3. The predicted octanol–water partition coefficient (Wildman–Crippen LogP) is 28.0. The molecule has 6 aliphatic rings. The number of pyridine rings is 6. The molecule has 21 rings (SSSR count). The number of para-hydroxylation sites is 3. The van der Waals surface area contributed by atoms with Crippen molar-refractivity contribution in [1.29, 1.82) is 0 Å². The van der Waals surface area contributed by atoms with E-state index in [1.165, 1.54) is 90.9 Å². The fourth-order valence-electron chi connectivity index (χ4n) is 16.8. The van der Waals surface area contributed by atoms with Gasteiger partial charge in [0.1, 0.15) is 0 Å². The van der Waals surface area contributed by atoms with Crippen LogP contribution in [0.3, 0.4) is 0 Å². The number of thioether (sulfide) groups is 3. The summed E-state index contributed by atoms with van der Waals surface area (Å²) in [7, 11) is -3.95. The third kappa shape index (κ3) is 22.8. The van der Waals surface area contributed by atoms with Gasteiger partial charge in [-0.25, -0.2) is 0 Å². The second-order valence-corrected chi connectivity index (χ2v) is 55.8. The van der Waals surface area contributed by atoms with Crippen LogP contribution in [0, 0.1) is 64.1 Å². The largest absolute Gasteiger partial charge is 0.305 e. The van der Waals surface area contributed by atoms with E-state index in [9.17, 15) is 0 Å². The van der Waals surface area contributed by atoms with Crippen LogP contribution in [0.1, 0.15) is 83.0 Å². The van der Waals surface area contributed by atoms with E-state index in [0.29, 0.717) is 33.5 Å². The average molecular weight is 2310 g/mol. The van der Waals surface area contributed by atoms with Gasteiger partial charge in [-0.15, -0.1) is 230 Å². The molecular formula is C113H106Ir3N6S3Si3-6. The summed E-state index contributed by atoms with van der Waals surface area (Å²) in [6, 6.07) is 97.7. The molecule has 0 amide bonds. The minimum absolute atomic E-state index is 0. The molecule has 9 aromatic carbocycles. The number of allylic oxidation sites excluding steroid dienone is 9. The molecule has 15 aromatic rings. The van der Waals surface area contributed by atoms with E-state index >= 15 is 0 Å². The second kappa shape index (κ2) is 41.9. The number of benzene rings is 9. The van der Waals surface area contributed by atoms with E-state index in [1.807, 2.05) is 102 Å². The Bertz CT molecular complexity index is 6330. The van der Waals surface area contributed by atoms with Gasteiger partial charge in [-0.1, -0.05) is 301 Å². The topological polar surface area (TPSA) is 77.3 Å². The number of aromatic nitrogens is 6. The molecule has 0 fully saturated rings. The summed E-state index contributed by atoms with van der Waals surface area (Å²) >= 11 is 5.84. The van der Waals surface area contributed by atoms with E-state index in [0.717, 1.165) is 84.1 Å². The van der Waals surface area contributed by atoms with Gasteiger partial charge in [0, 0.05) is 94.7 Å². The van der Waals surface area contributed by atoms with Crippen LogP contribution in [-0.2, 0) is 65.7 Å². The minimum atomic E-state index is -1.40. The SMILES string of the molecule is Cc1cc(-c2[c-]cccc2)ncc1[Si](C)(C)C.Cc1cc[c-]c(-c2cc(C(C)(C)C)c([Si](C)(C)C)cn2)c1.Cc1cc[c-]c(-c2cc(C)c([Si](C)(C)C)cn2)c1.[Ir].[Ir].[Ir].[c-]1cc2c(cc1-c1ccc3ccccc3n1)SC1C=CC=CC21.[c-]1cc2c(cc1-c1ccc3ccccc3n1)SC1C=CC=CC21.[c-]1cc2c(cc1-c1ccc3ccccc3n1)SC1C=CC=CC21. The van der Waals surface area contributed by atoms with Gasteiger partial charge < -0.3 is 15.0 Å². The Kier molecular flexibility index (Phi) is 31.5. The first kappa shape index (κ1) is 96.3. The van der Waals surface area contributed by atoms with Gasteiger partial charge >= 0.3 is 0 Å². The van der Waals surface area contributed by atoms with Crippen LogP contribution in [0.2, 0.25) is 58.9 Å². The van der Waals surface area contributed by atoms with Gasteiger partial charge in [-0.05, 0) is 127 Å². The van der Waals surface area contributed by atoms with E-state index < -0.39 is 24.2 Å². The molecule has 15 heteroatoms. The molecule has 0 saturated heterocycles. The molecule has 0 spiro atoms. The van der Waals surface area contributed by atoms with E-state index in [1.54, 1.807) is 0 Å². The molecule has 6 aromatic heterocycles. The molecular weight excluding hydrogens is 2200 g/mol. The Morgan fingerprint density at radius 1 is 0.305 bits per heavy atom. The Labute approximate surface area is 815 Å². The average Bonchev–Trinajstić information content (AvgIpc) is 1.68. The van der Waals surface area contributed by atoms with Gasteiger partial charge in [-0.2, -0.15) is 0 Å². The van der Waals surface area contributed by atoms with Gasteiger partial charge in [0.25, 0.3) is 0 Å². The van der Waals surface area contributed by atoms with Gasteiger partial charge in [-0.3, -0.25) is 15.0 Å². The van der Waals surface area contributed by atoms with Crippen molar-refractivity contribution in [2.24, 2.45) is 0 Å². The monoisotopic (exact) mass is 2310 g/mol. The van der Waals surface area contributed by atoms with Crippen LogP contribution in [0.25, 0.3) is 100 Å². The molecule has 9 heterocycles. The summed E-state index contributed by atoms with van der Waals surface area (Å²) in [5.74, 6) is 1.49. The normalized spacial score (nSPS) is 16.8. The van der Waals surface area contributed by atoms with E-state index in [2.05, 4.69) is 403 Å². The molecule has 3 aliphatic carbocycles. The van der Waals surface area contributed by atoms with Crippen molar-refractivity contribution in [3.05, 3.63) is 397 Å². The Morgan fingerprint density at radius 2 is 0.625 bits per heavy atom. The van der Waals surface area contributed by atoms with Crippen LogP contribution in [0.4, 0.5) is 0 Å². The summed E-state index contributed by atoms with van der Waals surface area (Å²) < 4.78 is 0. The van der Waals surface area contributed by atoms with Gasteiger partial charge in [0.05, 0.1) is 40.8 Å². The molecule has 6 unspecified atom stereocenters. The summed E-state index contributed by atoms with van der Waals surface area (Å²) in [4.78, 5) is 32.4. The quantitative estimate of drug-likeness (QED) is 0.104. The minimum Gasteiger partial charge on any atom is -0.305 e. The van der Waals surface area contributed by atoms with Crippen LogP contribution in [-0.4, -0.2) is 69.9 Å². The van der Waals surface area contributed by atoms with Gasteiger partial charge in [0.2, 0.25) is 0 Å². The van der Waals surface area contributed by atoms with Crippen molar-refractivity contribution in [3.8, 4) is 67.5 Å². The number of rotatable bonds is 9. The summed E-state index contributed by atoms with van der Waals surface area (Å²) in [5.41, 5.74) is 26.6. The second-order valence-electron chi connectivity index (χ2n) is 37.0. The maximum Gasteiger partial charge on any atom is 0.0799 e. The predicted molar refractivity (Wildman–Crippen MR) is 542 cm³/mol. The fraction of sp³-hybridized carbons (Fsp3) is 0.204. The maximum absolute atomic E-state index is 4.79. The fourth-order valence-corrected chi connectivity index (χ4v) is 26.0. The molecule has 0 saturated carbocycles. The third-order valence-corrected chi connectivity index (χ3v) is 33.7. The third-order valence-electron chi connectivity index (χ3n) is 23.4. The molecule has 3 aliphatic heterocycles. The molecule has 3 radical (unpaired) electrons. The zero-order valence-corrected chi connectivity index (χ0v) is 88.0. The molecule has 6 nitrogen and oxygen atoms in total. The van der Waals surface area contributed by atoms with Crippen LogP contribution in [0.15, 0.2) is 331 Å².